The van der Waals surface area contributed by atoms with Gasteiger partial charge in [0, 0.05) is 23.7 Å². The minimum Gasteiger partial charge on any atom is -0.387 e. The molecule has 0 saturated carbocycles. The number of carbonyl (C=O) groups is 1. The van der Waals surface area contributed by atoms with Crippen LogP contribution in [0, 0.1) is 5.82 Å². The molecule has 29 heavy (non-hydrogen) atoms. The van der Waals surface area contributed by atoms with Gasteiger partial charge >= 0.3 is 0 Å². The number of para-hydroxylation sites is 1. The molecule has 2 heterocycles. The standard InChI is InChI=1S/C21H17FN4O2S/c22-16-6-4-5-14(9-16)19(27)11-23-20(28)18-13-29-21(25-18)15-10-24-26(12-15)17-7-2-1-3-8-17/h1-10,12-13,19,27H,11H2,(H,23,28). The van der Waals surface area contributed by atoms with Crippen LogP contribution in [0.2, 0.25) is 0 Å². The highest BCUT2D eigenvalue weighted by Crippen LogP contribution is 2.24. The number of thiazole rings is 1. The van der Waals surface area contributed by atoms with Crippen LogP contribution in [0.5, 0.6) is 0 Å². The Morgan fingerprint density at radius 1 is 1.21 bits per heavy atom. The van der Waals surface area contributed by atoms with Gasteiger partial charge in [-0.25, -0.2) is 14.1 Å². The molecule has 4 aromatic rings. The molecule has 4 rings (SSSR count). The van der Waals surface area contributed by atoms with Crippen LogP contribution in [-0.2, 0) is 0 Å². The predicted octanol–water partition coefficient (Wildman–Crippen LogP) is 3.60. The molecule has 2 N–H and O–H groups in total. The van der Waals surface area contributed by atoms with Crippen LogP contribution in [0.25, 0.3) is 16.3 Å². The molecule has 2 aromatic carbocycles. The molecular weight excluding hydrogens is 391 g/mol. The van der Waals surface area contributed by atoms with E-state index in [1.807, 2.05) is 36.5 Å². The first kappa shape index (κ1) is 19.0. The van der Waals surface area contributed by atoms with E-state index in [9.17, 15) is 14.3 Å². The van der Waals surface area contributed by atoms with Gasteiger partial charge < -0.3 is 10.4 Å². The lowest BCUT2D eigenvalue weighted by atomic mass is 10.1. The number of aliphatic hydroxyl groups is 1. The summed E-state index contributed by atoms with van der Waals surface area (Å²) >= 11 is 1.33. The van der Waals surface area contributed by atoms with Crippen molar-refractivity contribution >= 4 is 17.2 Å². The highest BCUT2D eigenvalue weighted by molar-refractivity contribution is 7.13. The lowest BCUT2D eigenvalue weighted by Gasteiger charge is -2.11. The number of rotatable bonds is 6. The van der Waals surface area contributed by atoms with Gasteiger partial charge in [-0.15, -0.1) is 11.3 Å². The van der Waals surface area contributed by atoms with Crippen LogP contribution >= 0.6 is 11.3 Å². The molecule has 2 aromatic heterocycles. The van der Waals surface area contributed by atoms with Crippen molar-refractivity contribution in [2.24, 2.45) is 0 Å². The normalized spacial score (nSPS) is 11.9. The Kier molecular flexibility index (Phi) is 5.46. The zero-order valence-electron chi connectivity index (χ0n) is 15.2. The number of amides is 1. The summed E-state index contributed by atoms with van der Waals surface area (Å²) in [5, 5.41) is 19.4. The lowest BCUT2D eigenvalue weighted by molar-refractivity contribution is 0.0912. The van der Waals surface area contributed by atoms with E-state index in [-0.39, 0.29) is 12.2 Å². The van der Waals surface area contributed by atoms with Gasteiger partial charge in [0.2, 0.25) is 0 Å². The maximum absolute atomic E-state index is 13.3. The number of carbonyl (C=O) groups excluding carboxylic acids is 1. The summed E-state index contributed by atoms with van der Waals surface area (Å²) in [7, 11) is 0. The highest BCUT2D eigenvalue weighted by Gasteiger charge is 2.15. The third-order valence-electron chi connectivity index (χ3n) is 4.28. The van der Waals surface area contributed by atoms with Crippen molar-refractivity contribution in [3.8, 4) is 16.3 Å². The van der Waals surface area contributed by atoms with Crippen molar-refractivity contribution in [2.75, 3.05) is 6.54 Å². The molecule has 0 saturated heterocycles. The summed E-state index contributed by atoms with van der Waals surface area (Å²) < 4.78 is 15.0. The molecule has 1 amide bonds. The molecule has 0 spiro atoms. The number of halogens is 1. The number of nitrogens with zero attached hydrogens (tertiary/aromatic N) is 3. The molecule has 8 heteroatoms. The van der Waals surface area contributed by atoms with Crippen LogP contribution in [0.3, 0.4) is 0 Å². The Hall–Kier alpha value is -3.36. The van der Waals surface area contributed by atoms with Gasteiger partial charge in [0.05, 0.1) is 18.0 Å². The average Bonchev–Trinajstić information content (AvgIpc) is 3.42. The fourth-order valence-electron chi connectivity index (χ4n) is 2.78. The summed E-state index contributed by atoms with van der Waals surface area (Å²) in [6.07, 6.45) is 2.54. The second-order valence-corrected chi connectivity index (χ2v) is 7.19. The second-order valence-electron chi connectivity index (χ2n) is 6.33. The molecule has 0 aliphatic heterocycles. The summed E-state index contributed by atoms with van der Waals surface area (Å²) in [6, 6.07) is 15.3. The first-order valence-corrected chi connectivity index (χ1v) is 9.76. The van der Waals surface area contributed by atoms with Gasteiger partial charge in [-0.2, -0.15) is 5.10 Å². The lowest BCUT2D eigenvalue weighted by Crippen LogP contribution is -2.28. The van der Waals surface area contributed by atoms with E-state index in [4.69, 9.17) is 0 Å². The van der Waals surface area contributed by atoms with E-state index >= 15 is 0 Å². The fraction of sp³-hybridized carbons (Fsp3) is 0.0952. The molecule has 0 bridgehead atoms. The summed E-state index contributed by atoms with van der Waals surface area (Å²) in [5.74, 6) is -0.841. The van der Waals surface area contributed by atoms with Crippen molar-refractivity contribution < 1.29 is 14.3 Å². The van der Waals surface area contributed by atoms with Gasteiger partial charge in [0.25, 0.3) is 5.91 Å². The van der Waals surface area contributed by atoms with Crippen molar-refractivity contribution in [1.29, 1.82) is 0 Å². The minimum atomic E-state index is -1.00. The van der Waals surface area contributed by atoms with Gasteiger partial charge in [-0.05, 0) is 29.8 Å². The van der Waals surface area contributed by atoms with E-state index in [2.05, 4.69) is 15.4 Å². The van der Waals surface area contributed by atoms with Crippen molar-refractivity contribution in [1.82, 2.24) is 20.1 Å². The fourth-order valence-corrected chi connectivity index (χ4v) is 3.55. The van der Waals surface area contributed by atoms with Crippen molar-refractivity contribution in [3.05, 3.63) is 89.4 Å². The molecule has 0 aliphatic rings. The molecule has 146 valence electrons. The van der Waals surface area contributed by atoms with Gasteiger partial charge in [-0.1, -0.05) is 30.3 Å². The zero-order valence-corrected chi connectivity index (χ0v) is 16.0. The predicted molar refractivity (Wildman–Crippen MR) is 108 cm³/mol. The van der Waals surface area contributed by atoms with Crippen LogP contribution < -0.4 is 5.32 Å². The topological polar surface area (TPSA) is 80.0 Å². The van der Waals surface area contributed by atoms with Crippen molar-refractivity contribution in [2.45, 2.75) is 6.10 Å². The quantitative estimate of drug-likeness (QED) is 0.511. The van der Waals surface area contributed by atoms with E-state index in [1.165, 1.54) is 29.5 Å². The van der Waals surface area contributed by atoms with Gasteiger partial charge in [-0.3, -0.25) is 4.79 Å². The van der Waals surface area contributed by atoms with Crippen molar-refractivity contribution in [3.63, 3.8) is 0 Å². The van der Waals surface area contributed by atoms with E-state index < -0.39 is 17.8 Å². The third kappa shape index (κ3) is 4.39. The number of nitrogens with one attached hydrogen (secondary N) is 1. The Balaban J connectivity index is 1.41. The first-order chi connectivity index (χ1) is 14.1. The first-order valence-electron chi connectivity index (χ1n) is 8.88. The van der Waals surface area contributed by atoms with E-state index in [0.717, 1.165) is 11.3 Å². The molecule has 1 atom stereocenters. The number of benzene rings is 2. The minimum absolute atomic E-state index is 0.0406. The van der Waals surface area contributed by atoms with Crippen LogP contribution in [-0.4, -0.2) is 32.3 Å². The number of aromatic nitrogens is 3. The monoisotopic (exact) mass is 408 g/mol. The number of hydrogen-bond acceptors (Lipinski definition) is 5. The van der Waals surface area contributed by atoms with Crippen LogP contribution in [0.4, 0.5) is 4.39 Å². The molecule has 0 aliphatic carbocycles. The summed E-state index contributed by atoms with van der Waals surface area (Å²) in [6.45, 7) is -0.0406. The Bertz CT molecular complexity index is 1130. The smallest absolute Gasteiger partial charge is 0.270 e. The largest absolute Gasteiger partial charge is 0.387 e. The number of aliphatic hydroxyl groups excluding tert-OH is 1. The summed E-state index contributed by atoms with van der Waals surface area (Å²) in [5.41, 5.74) is 2.39. The van der Waals surface area contributed by atoms with Gasteiger partial charge in [0.1, 0.15) is 16.5 Å². The maximum Gasteiger partial charge on any atom is 0.270 e. The molecular formula is C21H17FN4O2S. The average molecular weight is 408 g/mol. The van der Waals surface area contributed by atoms with E-state index in [1.54, 1.807) is 22.3 Å². The van der Waals surface area contributed by atoms with Crippen LogP contribution in [0.1, 0.15) is 22.2 Å². The SMILES string of the molecule is O=C(NCC(O)c1cccc(F)c1)c1csc(-c2cnn(-c3ccccc3)c2)n1. The molecule has 0 fully saturated rings. The Morgan fingerprint density at radius 3 is 2.83 bits per heavy atom. The highest BCUT2D eigenvalue weighted by atomic mass is 32.1. The molecule has 0 radical (unpaired) electrons. The van der Waals surface area contributed by atoms with Gasteiger partial charge in [0.15, 0.2) is 0 Å². The van der Waals surface area contributed by atoms with Crippen LogP contribution in [0.15, 0.2) is 72.4 Å². The summed E-state index contributed by atoms with van der Waals surface area (Å²) in [4.78, 5) is 16.7. The zero-order chi connectivity index (χ0) is 20.2. The number of hydrogen-bond donors (Lipinski definition) is 2. The second kappa shape index (κ2) is 8.34. The van der Waals surface area contributed by atoms with E-state index in [0.29, 0.717) is 10.6 Å². The Morgan fingerprint density at radius 2 is 2.03 bits per heavy atom. The molecule has 6 nitrogen and oxygen atoms in total. The molecule has 1 unspecified atom stereocenters. The maximum atomic E-state index is 13.3. The Labute approximate surface area is 170 Å². The third-order valence-corrected chi connectivity index (χ3v) is 5.17.